The van der Waals surface area contributed by atoms with Gasteiger partial charge in [0.15, 0.2) is 11.7 Å². The zero-order valence-electron chi connectivity index (χ0n) is 14.4. The number of hydrogen-bond donors (Lipinski definition) is 0. The van der Waals surface area contributed by atoms with Crippen LogP contribution < -0.4 is 4.74 Å². The fourth-order valence-corrected chi connectivity index (χ4v) is 3.20. The number of aromatic nitrogens is 2. The number of halogens is 2. The van der Waals surface area contributed by atoms with Gasteiger partial charge in [0.1, 0.15) is 23.2 Å². The lowest BCUT2D eigenvalue weighted by Gasteiger charge is -2.11. The van der Waals surface area contributed by atoms with Crippen LogP contribution in [0.25, 0.3) is 11.0 Å². The molecule has 0 fully saturated rings. The molecule has 1 atom stereocenters. The molecular formula is C18H12Cl2N4O4. The Morgan fingerprint density at radius 2 is 2.07 bits per heavy atom. The van der Waals surface area contributed by atoms with Gasteiger partial charge in [-0.15, -0.1) is 0 Å². The van der Waals surface area contributed by atoms with Gasteiger partial charge in [-0.1, -0.05) is 35.3 Å². The summed E-state index contributed by atoms with van der Waals surface area (Å²) in [5, 5.41) is 20.3. The lowest BCUT2D eigenvalue weighted by Crippen LogP contribution is -2.21. The molecule has 0 N–H and O–H groups in total. The first-order valence-electron chi connectivity index (χ1n) is 7.93. The summed E-state index contributed by atoms with van der Waals surface area (Å²) in [4.78, 5) is 27.2. The van der Waals surface area contributed by atoms with Crippen molar-refractivity contribution in [2.24, 2.45) is 7.05 Å². The van der Waals surface area contributed by atoms with Gasteiger partial charge < -0.3 is 9.30 Å². The summed E-state index contributed by atoms with van der Waals surface area (Å²) in [7, 11) is 1.71. The second-order valence-corrected chi connectivity index (χ2v) is 6.64. The molecule has 3 rings (SSSR count). The van der Waals surface area contributed by atoms with Crippen LogP contribution in [0.5, 0.6) is 5.75 Å². The molecule has 0 aliphatic carbocycles. The van der Waals surface area contributed by atoms with Gasteiger partial charge in [-0.2, -0.15) is 5.26 Å². The standard InChI is InChI=1S/C18H12Cl2N4O4/c1-23-14-5-3-2-4-13(14)22-18(23)10(8-21)16(25)9-28-17-7-15(24(26)27)11(19)6-12(17)20/h2-7,10H,9H2,1H3/t10-/m0/s1. The number of imidazole rings is 1. The minimum absolute atomic E-state index is 0.0136. The summed E-state index contributed by atoms with van der Waals surface area (Å²) in [5.74, 6) is -1.52. The molecule has 28 heavy (non-hydrogen) atoms. The Morgan fingerprint density at radius 1 is 1.36 bits per heavy atom. The van der Waals surface area contributed by atoms with Crippen LogP contribution in [0.15, 0.2) is 36.4 Å². The predicted octanol–water partition coefficient (Wildman–Crippen LogP) is 4.04. The molecule has 0 bridgehead atoms. The Bertz CT molecular complexity index is 1140. The van der Waals surface area contributed by atoms with E-state index in [9.17, 15) is 20.2 Å². The molecule has 0 aliphatic heterocycles. The number of carbonyl (C=O) groups excluding carboxylic acids is 1. The van der Waals surface area contributed by atoms with Crippen molar-refractivity contribution in [3.63, 3.8) is 0 Å². The molecule has 0 saturated carbocycles. The van der Waals surface area contributed by atoms with Crippen LogP contribution in [-0.2, 0) is 11.8 Å². The molecule has 3 aromatic rings. The van der Waals surface area contributed by atoms with Gasteiger partial charge in [0.05, 0.1) is 33.1 Å². The van der Waals surface area contributed by atoms with E-state index in [1.807, 2.05) is 18.2 Å². The van der Waals surface area contributed by atoms with Crippen molar-refractivity contribution >= 4 is 45.7 Å². The molecule has 2 aromatic carbocycles. The molecule has 0 saturated heterocycles. The molecule has 0 unspecified atom stereocenters. The van der Waals surface area contributed by atoms with E-state index in [2.05, 4.69) is 4.98 Å². The highest BCUT2D eigenvalue weighted by Gasteiger charge is 2.27. The normalized spacial score (nSPS) is 11.8. The molecule has 0 amide bonds. The van der Waals surface area contributed by atoms with Gasteiger partial charge in [-0.3, -0.25) is 14.9 Å². The number of rotatable bonds is 6. The molecule has 0 radical (unpaired) electrons. The fraction of sp³-hybridized carbons (Fsp3) is 0.167. The number of benzene rings is 2. The number of Topliss-reactive ketones (excluding diaryl/α,β-unsaturated/α-hetero) is 1. The van der Waals surface area contributed by atoms with Gasteiger partial charge in [0.25, 0.3) is 5.69 Å². The number of nitrogens with zero attached hydrogens (tertiary/aromatic N) is 4. The molecule has 0 spiro atoms. The van der Waals surface area contributed by atoms with E-state index >= 15 is 0 Å². The van der Waals surface area contributed by atoms with E-state index in [0.717, 1.165) is 17.6 Å². The monoisotopic (exact) mass is 418 g/mol. The van der Waals surface area contributed by atoms with Crippen molar-refractivity contribution in [2.45, 2.75) is 5.92 Å². The van der Waals surface area contributed by atoms with E-state index in [1.165, 1.54) is 0 Å². The van der Waals surface area contributed by atoms with E-state index in [4.69, 9.17) is 27.9 Å². The number of hydrogen-bond acceptors (Lipinski definition) is 6. The SMILES string of the molecule is Cn1c([C@@H](C#N)C(=O)COc2cc([N+](=O)[O-])c(Cl)cc2Cl)nc2ccccc21. The Hall–Kier alpha value is -3.15. The van der Waals surface area contributed by atoms with Crippen LogP contribution in [0.4, 0.5) is 5.69 Å². The lowest BCUT2D eigenvalue weighted by molar-refractivity contribution is -0.384. The van der Waals surface area contributed by atoms with E-state index in [-0.39, 0.29) is 21.6 Å². The van der Waals surface area contributed by atoms with Crippen molar-refractivity contribution < 1.29 is 14.5 Å². The average Bonchev–Trinajstić information content (AvgIpc) is 2.98. The largest absolute Gasteiger partial charge is 0.484 e. The molecular weight excluding hydrogens is 407 g/mol. The summed E-state index contributed by atoms with van der Waals surface area (Å²) < 4.78 is 7.00. The highest BCUT2D eigenvalue weighted by molar-refractivity contribution is 6.36. The third-order valence-corrected chi connectivity index (χ3v) is 4.70. The zero-order valence-corrected chi connectivity index (χ0v) is 15.9. The van der Waals surface area contributed by atoms with Gasteiger partial charge in [-0.25, -0.2) is 4.98 Å². The van der Waals surface area contributed by atoms with Crippen LogP contribution in [-0.4, -0.2) is 26.9 Å². The Balaban J connectivity index is 1.84. The molecule has 0 aliphatic rings. The second kappa shape index (κ2) is 7.84. The van der Waals surface area contributed by atoms with Crippen molar-refractivity contribution in [3.05, 3.63) is 62.4 Å². The minimum atomic E-state index is -1.17. The summed E-state index contributed by atoms with van der Waals surface area (Å²) in [6.07, 6.45) is 0. The highest BCUT2D eigenvalue weighted by Crippen LogP contribution is 2.35. The molecule has 142 valence electrons. The third-order valence-electron chi connectivity index (χ3n) is 4.10. The Kier molecular flexibility index (Phi) is 5.49. The van der Waals surface area contributed by atoms with E-state index in [1.54, 1.807) is 23.7 Å². The minimum Gasteiger partial charge on any atom is -0.484 e. The number of carbonyl (C=O) groups is 1. The van der Waals surface area contributed by atoms with Crippen molar-refractivity contribution in [2.75, 3.05) is 6.61 Å². The maximum atomic E-state index is 12.6. The number of nitro groups is 1. The topological polar surface area (TPSA) is 111 Å². The van der Waals surface area contributed by atoms with Gasteiger partial charge in [0.2, 0.25) is 0 Å². The Labute approximate surface area is 169 Å². The summed E-state index contributed by atoms with van der Waals surface area (Å²) in [5.41, 5.74) is 1.04. The van der Waals surface area contributed by atoms with E-state index in [0.29, 0.717) is 5.52 Å². The molecule has 10 heteroatoms. The zero-order chi connectivity index (χ0) is 20.4. The number of ketones is 1. The van der Waals surface area contributed by atoms with Crippen LogP contribution in [0.3, 0.4) is 0 Å². The number of aryl methyl sites for hydroxylation is 1. The average molecular weight is 419 g/mol. The summed E-state index contributed by atoms with van der Waals surface area (Å²) in [6.45, 7) is -0.514. The quantitative estimate of drug-likeness (QED) is 0.440. The van der Waals surface area contributed by atoms with Crippen molar-refractivity contribution in [3.8, 4) is 11.8 Å². The van der Waals surface area contributed by atoms with Crippen LogP contribution >= 0.6 is 23.2 Å². The number of nitro benzene ring substituents is 1. The molecule has 1 aromatic heterocycles. The number of para-hydroxylation sites is 2. The summed E-state index contributed by atoms with van der Waals surface area (Å²) >= 11 is 11.7. The molecule has 8 nitrogen and oxygen atoms in total. The third kappa shape index (κ3) is 3.63. The van der Waals surface area contributed by atoms with Crippen LogP contribution in [0.2, 0.25) is 10.0 Å². The fourth-order valence-electron chi connectivity index (χ4n) is 2.70. The van der Waals surface area contributed by atoms with Gasteiger partial charge in [0, 0.05) is 7.05 Å². The smallest absolute Gasteiger partial charge is 0.291 e. The highest BCUT2D eigenvalue weighted by atomic mass is 35.5. The van der Waals surface area contributed by atoms with Crippen molar-refractivity contribution in [1.82, 2.24) is 9.55 Å². The number of ether oxygens (including phenoxy) is 1. The maximum absolute atomic E-state index is 12.6. The lowest BCUT2D eigenvalue weighted by atomic mass is 10.1. The van der Waals surface area contributed by atoms with Gasteiger partial charge in [-0.05, 0) is 18.2 Å². The first kappa shape index (κ1) is 19.6. The Morgan fingerprint density at radius 3 is 2.71 bits per heavy atom. The maximum Gasteiger partial charge on any atom is 0.291 e. The first-order valence-corrected chi connectivity index (χ1v) is 8.69. The van der Waals surface area contributed by atoms with Gasteiger partial charge >= 0.3 is 0 Å². The van der Waals surface area contributed by atoms with Crippen LogP contribution in [0, 0.1) is 21.4 Å². The number of nitriles is 1. The predicted molar refractivity (Wildman–Crippen MR) is 103 cm³/mol. The first-order chi connectivity index (χ1) is 13.3. The molecule has 1 heterocycles. The van der Waals surface area contributed by atoms with E-state index < -0.39 is 28.9 Å². The van der Waals surface area contributed by atoms with Crippen LogP contribution in [0.1, 0.15) is 11.7 Å². The number of fused-ring (bicyclic) bond motifs is 1. The van der Waals surface area contributed by atoms with Crippen molar-refractivity contribution in [1.29, 1.82) is 5.26 Å². The summed E-state index contributed by atoms with van der Waals surface area (Å²) in [6, 6.07) is 11.4. The second-order valence-electron chi connectivity index (χ2n) is 5.83.